The maximum absolute atomic E-state index is 4.15. The molecule has 2 rings (SSSR count). The molecule has 0 saturated carbocycles. The zero-order chi connectivity index (χ0) is 9.97. The fourth-order valence-corrected chi connectivity index (χ4v) is 2.35. The van der Waals surface area contributed by atoms with Gasteiger partial charge in [0, 0.05) is 6.42 Å². The average Bonchev–Trinajstić information content (AvgIpc) is 2.56. The van der Waals surface area contributed by atoms with Gasteiger partial charge in [-0.05, 0) is 19.3 Å². The first-order chi connectivity index (χ1) is 6.75. The lowest BCUT2D eigenvalue weighted by atomic mass is 9.91. The monoisotopic (exact) mass is 206 g/mol. The van der Waals surface area contributed by atoms with E-state index in [0.717, 1.165) is 22.9 Å². The van der Waals surface area contributed by atoms with Crippen LogP contribution >= 0.6 is 11.3 Å². The molecule has 1 aliphatic carbocycles. The summed E-state index contributed by atoms with van der Waals surface area (Å²) in [6, 6.07) is 0. The van der Waals surface area contributed by atoms with Crippen molar-refractivity contribution in [1.82, 2.24) is 10.2 Å². The molecule has 74 valence electrons. The Labute approximate surface area is 88.4 Å². The van der Waals surface area contributed by atoms with Crippen LogP contribution in [0.5, 0.6) is 0 Å². The molecule has 1 aliphatic rings. The van der Waals surface area contributed by atoms with Crippen LogP contribution in [0.4, 0.5) is 0 Å². The first-order valence-corrected chi connectivity index (χ1v) is 5.72. The van der Waals surface area contributed by atoms with Gasteiger partial charge in [0.25, 0.3) is 0 Å². The molecule has 0 bridgehead atoms. The third kappa shape index (κ3) is 2.10. The summed E-state index contributed by atoms with van der Waals surface area (Å²) in [5.74, 6) is 0.657. The predicted octanol–water partition coefficient (Wildman–Crippen LogP) is 2.91. The van der Waals surface area contributed by atoms with Gasteiger partial charge >= 0.3 is 0 Å². The van der Waals surface area contributed by atoms with Crippen molar-refractivity contribution in [3.05, 3.63) is 33.8 Å². The van der Waals surface area contributed by atoms with E-state index in [1.165, 1.54) is 5.57 Å². The van der Waals surface area contributed by atoms with Crippen LogP contribution in [-0.4, -0.2) is 10.2 Å². The fourth-order valence-electron chi connectivity index (χ4n) is 1.61. The quantitative estimate of drug-likeness (QED) is 0.743. The van der Waals surface area contributed by atoms with Gasteiger partial charge in [-0.3, -0.25) is 0 Å². The summed E-state index contributed by atoms with van der Waals surface area (Å²) < 4.78 is 0. The molecule has 1 heterocycles. The van der Waals surface area contributed by atoms with Gasteiger partial charge in [0.2, 0.25) is 0 Å². The molecule has 1 atom stereocenters. The van der Waals surface area contributed by atoms with E-state index in [0.29, 0.717) is 5.92 Å². The Balaban J connectivity index is 2.10. The number of allylic oxidation sites excluding steroid dienone is 4. The van der Waals surface area contributed by atoms with Crippen LogP contribution < -0.4 is 0 Å². The van der Waals surface area contributed by atoms with Crippen molar-refractivity contribution < 1.29 is 0 Å². The summed E-state index contributed by atoms with van der Waals surface area (Å²) in [5.41, 5.74) is 1.48. The van der Waals surface area contributed by atoms with Crippen LogP contribution in [0.2, 0.25) is 0 Å². The largest absolute Gasteiger partial charge is 0.144 e. The molecule has 0 aliphatic heterocycles. The fraction of sp³-hybridized carbons (Fsp3) is 0.455. The number of rotatable bonds is 2. The van der Waals surface area contributed by atoms with Crippen molar-refractivity contribution in [1.29, 1.82) is 0 Å². The average molecular weight is 206 g/mol. The highest BCUT2D eigenvalue weighted by Crippen LogP contribution is 2.24. The van der Waals surface area contributed by atoms with Crippen LogP contribution in [0.15, 0.2) is 23.8 Å². The molecular weight excluding hydrogens is 192 g/mol. The molecule has 0 N–H and O–H groups in total. The van der Waals surface area contributed by atoms with Gasteiger partial charge in [-0.15, -0.1) is 21.5 Å². The zero-order valence-corrected chi connectivity index (χ0v) is 9.34. The summed E-state index contributed by atoms with van der Waals surface area (Å²) in [6.45, 7) is 4.27. The second kappa shape index (κ2) is 4.05. The predicted molar refractivity (Wildman–Crippen MR) is 59.4 cm³/mol. The molecule has 0 amide bonds. The summed E-state index contributed by atoms with van der Waals surface area (Å²) >= 11 is 1.70. The molecule has 0 radical (unpaired) electrons. The van der Waals surface area contributed by atoms with Gasteiger partial charge in [0.15, 0.2) is 0 Å². The highest BCUT2D eigenvalue weighted by Gasteiger charge is 2.12. The van der Waals surface area contributed by atoms with E-state index in [-0.39, 0.29) is 0 Å². The van der Waals surface area contributed by atoms with Crippen LogP contribution in [-0.2, 0) is 6.42 Å². The molecule has 0 fully saturated rings. The molecule has 3 heteroatoms. The Morgan fingerprint density at radius 2 is 2.36 bits per heavy atom. The minimum Gasteiger partial charge on any atom is -0.144 e. The summed E-state index contributed by atoms with van der Waals surface area (Å²) in [5, 5.41) is 10.4. The van der Waals surface area contributed by atoms with Gasteiger partial charge in [-0.1, -0.05) is 30.7 Å². The smallest absolute Gasteiger partial charge is 0.121 e. The SMILES string of the molecule is Cc1nnc(CC2=CC=CCC2C)s1. The number of aromatic nitrogens is 2. The normalized spacial score (nSPS) is 21.0. The van der Waals surface area contributed by atoms with E-state index < -0.39 is 0 Å². The lowest BCUT2D eigenvalue weighted by molar-refractivity contribution is 0.664. The molecule has 0 spiro atoms. The number of hydrogen-bond donors (Lipinski definition) is 0. The highest BCUT2D eigenvalue weighted by molar-refractivity contribution is 7.11. The number of nitrogens with zero attached hydrogens (tertiary/aromatic N) is 2. The van der Waals surface area contributed by atoms with Crippen molar-refractivity contribution in [2.75, 3.05) is 0 Å². The van der Waals surface area contributed by atoms with E-state index in [1.54, 1.807) is 11.3 Å². The highest BCUT2D eigenvalue weighted by atomic mass is 32.1. The van der Waals surface area contributed by atoms with Crippen molar-refractivity contribution in [2.45, 2.75) is 26.7 Å². The Morgan fingerprint density at radius 1 is 1.50 bits per heavy atom. The minimum absolute atomic E-state index is 0.657. The van der Waals surface area contributed by atoms with Crippen molar-refractivity contribution >= 4 is 11.3 Å². The first kappa shape index (κ1) is 9.59. The molecule has 0 saturated heterocycles. The molecule has 1 aromatic heterocycles. The number of aryl methyl sites for hydroxylation is 1. The molecule has 14 heavy (non-hydrogen) atoms. The van der Waals surface area contributed by atoms with Crippen LogP contribution in [0, 0.1) is 12.8 Å². The molecular formula is C11H14N2S. The summed E-state index contributed by atoms with van der Waals surface area (Å²) in [7, 11) is 0. The standard InChI is InChI=1S/C11H14N2S/c1-8-5-3-4-6-10(8)7-11-13-12-9(2)14-11/h3-4,6,8H,5,7H2,1-2H3. The maximum Gasteiger partial charge on any atom is 0.121 e. The van der Waals surface area contributed by atoms with Crippen molar-refractivity contribution in [3.8, 4) is 0 Å². The van der Waals surface area contributed by atoms with Crippen molar-refractivity contribution in [3.63, 3.8) is 0 Å². The second-order valence-corrected chi connectivity index (χ2v) is 4.96. The molecule has 1 aromatic rings. The van der Waals surface area contributed by atoms with Gasteiger partial charge in [-0.2, -0.15) is 0 Å². The minimum atomic E-state index is 0.657. The second-order valence-electron chi connectivity index (χ2n) is 3.70. The summed E-state index contributed by atoms with van der Waals surface area (Å²) in [4.78, 5) is 0. The van der Waals surface area contributed by atoms with E-state index >= 15 is 0 Å². The Kier molecular flexibility index (Phi) is 2.77. The van der Waals surface area contributed by atoms with Crippen molar-refractivity contribution in [2.24, 2.45) is 5.92 Å². The third-order valence-electron chi connectivity index (χ3n) is 2.49. The third-order valence-corrected chi connectivity index (χ3v) is 3.33. The van der Waals surface area contributed by atoms with Crippen LogP contribution in [0.1, 0.15) is 23.4 Å². The molecule has 0 aromatic carbocycles. The Hall–Kier alpha value is -0.960. The van der Waals surface area contributed by atoms with Crippen LogP contribution in [0.25, 0.3) is 0 Å². The van der Waals surface area contributed by atoms with E-state index in [1.807, 2.05) is 6.92 Å². The van der Waals surface area contributed by atoms with E-state index in [4.69, 9.17) is 0 Å². The molecule has 1 unspecified atom stereocenters. The van der Waals surface area contributed by atoms with Gasteiger partial charge in [-0.25, -0.2) is 0 Å². The lowest BCUT2D eigenvalue weighted by Gasteiger charge is -2.15. The van der Waals surface area contributed by atoms with Gasteiger partial charge in [0.1, 0.15) is 10.0 Å². The Morgan fingerprint density at radius 3 is 3.00 bits per heavy atom. The zero-order valence-electron chi connectivity index (χ0n) is 8.53. The lowest BCUT2D eigenvalue weighted by Crippen LogP contribution is -2.04. The number of hydrogen-bond acceptors (Lipinski definition) is 3. The maximum atomic E-state index is 4.15. The van der Waals surface area contributed by atoms with Gasteiger partial charge < -0.3 is 0 Å². The first-order valence-electron chi connectivity index (χ1n) is 4.90. The Bertz CT molecular complexity index is 376. The summed E-state index contributed by atoms with van der Waals surface area (Å²) in [6.07, 6.45) is 8.70. The van der Waals surface area contributed by atoms with Crippen LogP contribution in [0.3, 0.4) is 0 Å². The topological polar surface area (TPSA) is 25.8 Å². The van der Waals surface area contributed by atoms with E-state index in [2.05, 4.69) is 35.3 Å². The molecule has 2 nitrogen and oxygen atoms in total. The van der Waals surface area contributed by atoms with E-state index in [9.17, 15) is 0 Å². The van der Waals surface area contributed by atoms with Gasteiger partial charge in [0.05, 0.1) is 0 Å².